The maximum absolute atomic E-state index is 4.90. The summed E-state index contributed by atoms with van der Waals surface area (Å²) in [4.78, 5) is 0. The predicted molar refractivity (Wildman–Crippen MR) is 38.6 cm³/mol. The van der Waals surface area contributed by atoms with Gasteiger partial charge in [-0.2, -0.15) is 0 Å². The summed E-state index contributed by atoms with van der Waals surface area (Å²) in [6.45, 7) is 8.69. The normalized spacial score (nSPS) is 7.00. The second-order valence-corrected chi connectivity index (χ2v) is 1.78. The number of hydrogen-bond donors (Lipinski definition) is 2. The first-order chi connectivity index (χ1) is 3.65. The Kier molecular flexibility index (Phi) is 13.0. The molecule has 0 fully saturated rings. The van der Waals surface area contributed by atoms with Gasteiger partial charge < -0.3 is 11.5 Å². The molecule has 0 amide bonds. The molecule has 0 heterocycles. The van der Waals surface area contributed by atoms with Crippen LogP contribution in [0.5, 0.6) is 0 Å². The molecular formula is C6H16N2. The summed E-state index contributed by atoms with van der Waals surface area (Å²) in [5.74, 6) is 0. The molecule has 0 radical (unpaired) electrons. The van der Waals surface area contributed by atoms with Gasteiger partial charge in [-0.3, -0.25) is 0 Å². The van der Waals surface area contributed by atoms with Crippen LogP contribution in [0, 0.1) is 0 Å². The van der Waals surface area contributed by atoms with Crippen LogP contribution in [0.3, 0.4) is 0 Å². The monoisotopic (exact) mass is 116 g/mol. The van der Waals surface area contributed by atoms with Crippen molar-refractivity contribution in [1.29, 1.82) is 0 Å². The molecule has 0 unspecified atom stereocenters. The van der Waals surface area contributed by atoms with E-state index in [2.05, 4.69) is 6.58 Å². The van der Waals surface area contributed by atoms with E-state index in [0.29, 0.717) is 13.1 Å². The number of nitrogens with two attached hydrogens (primary N) is 2. The standard InChI is InChI=1S/C4H8.C2H8N2/c1-4(2)3;3-1-2-4/h1H2,2-3H3;1-4H2. The Morgan fingerprint density at radius 2 is 1.38 bits per heavy atom. The minimum Gasteiger partial charge on any atom is -0.329 e. The predicted octanol–water partition coefficient (Wildman–Crippen LogP) is 0.486. The lowest BCUT2D eigenvalue weighted by Gasteiger charge is -1.72. The molecule has 0 aliphatic heterocycles. The van der Waals surface area contributed by atoms with Crippen LogP contribution >= 0.6 is 0 Å². The zero-order chi connectivity index (χ0) is 6.99. The molecule has 0 aromatic carbocycles. The van der Waals surface area contributed by atoms with Gasteiger partial charge in [-0.1, -0.05) is 5.57 Å². The smallest absolute Gasteiger partial charge is 0.00461 e. The Hall–Kier alpha value is -0.340. The Bertz CT molecular complexity index is 44.5. The average Bonchev–Trinajstić information content (AvgIpc) is 1.65. The second-order valence-electron chi connectivity index (χ2n) is 1.78. The Labute approximate surface area is 51.6 Å². The second kappa shape index (κ2) is 9.83. The van der Waals surface area contributed by atoms with E-state index in [-0.39, 0.29) is 0 Å². The lowest BCUT2D eigenvalue weighted by molar-refractivity contribution is 0.976. The Morgan fingerprint density at radius 3 is 1.38 bits per heavy atom. The Morgan fingerprint density at radius 1 is 1.25 bits per heavy atom. The van der Waals surface area contributed by atoms with Gasteiger partial charge in [0.15, 0.2) is 0 Å². The largest absolute Gasteiger partial charge is 0.329 e. The van der Waals surface area contributed by atoms with Crippen molar-refractivity contribution < 1.29 is 0 Å². The van der Waals surface area contributed by atoms with E-state index in [4.69, 9.17) is 11.5 Å². The highest BCUT2D eigenvalue weighted by atomic mass is 14.6. The minimum absolute atomic E-state index is 0.597. The minimum atomic E-state index is 0.597. The zero-order valence-corrected chi connectivity index (χ0v) is 5.78. The maximum atomic E-state index is 4.90. The van der Waals surface area contributed by atoms with Crippen LogP contribution in [0.25, 0.3) is 0 Å². The Balaban J connectivity index is 0. The molecule has 0 rings (SSSR count). The fourth-order valence-electron chi connectivity index (χ4n) is 0. The SMILES string of the molecule is C=C(C)C.NCCN. The van der Waals surface area contributed by atoms with Crippen molar-refractivity contribution in [2.45, 2.75) is 13.8 Å². The van der Waals surface area contributed by atoms with Gasteiger partial charge in [0.2, 0.25) is 0 Å². The van der Waals surface area contributed by atoms with Crippen LogP contribution in [-0.4, -0.2) is 13.1 Å². The highest BCUT2D eigenvalue weighted by Gasteiger charge is 1.54. The van der Waals surface area contributed by atoms with Crippen LogP contribution in [0.15, 0.2) is 12.2 Å². The van der Waals surface area contributed by atoms with E-state index in [9.17, 15) is 0 Å². The summed E-state index contributed by atoms with van der Waals surface area (Å²) < 4.78 is 0. The van der Waals surface area contributed by atoms with Crippen molar-refractivity contribution >= 4 is 0 Å². The van der Waals surface area contributed by atoms with Crippen molar-refractivity contribution in [3.8, 4) is 0 Å². The molecule has 0 spiro atoms. The topological polar surface area (TPSA) is 52.0 Å². The first-order valence-corrected chi connectivity index (χ1v) is 2.67. The van der Waals surface area contributed by atoms with Gasteiger partial charge in [-0.25, -0.2) is 0 Å². The van der Waals surface area contributed by atoms with Gasteiger partial charge in [-0.05, 0) is 13.8 Å². The van der Waals surface area contributed by atoms with E-state index in [1.165, 1.54) is 5.57 Å². The summed E-state index contributed by atoms with van der Waals surface area (Å²) in [5.41, 5.74) is 11.0. The third kappa shape index (κ3) is 282. The molecule has 50 valence electrons. The first-order valence-electron chi connectivity index (χ1n) is 2.67. The van der Waals surface area contributed by atoms with Crippen molar-refractivity contribution in [2.24, 2.45) is 11.5 Å². The van der Waals surface area contributed by atoms with Crippen LogP contribution in [0.1, 0.15) is 13.8 Å². The summed E-state index contributed by atoms with van der Waals surface area (Å²) >= 11 is 0. The summed E-state index contributed by atoms with van der Waals surface area (Å²) in [6, 6.07) is 0. The van der Waals surface area contributed by atoms with Gasteiger partial charge in [0.05, 0.1) is 0 Å². The van der Waals surface area contributed by atoms with Crippen molar-refractivity contribution in [2.75, 3.05) is 13.1 Å². The molecule has 0 aromatic heterocycles. The van der Waals surface area contributed by atoms with E-state index < -0.39 is 0 Å². The van der Waals surface area contributed by atoms with E-state index in [1.54, 1.807) is 0 Å². The van der Waals surface area contributed by atoms with Crippen LogP contribution in [0.2, 0.25) is 0 Å². The van der Waals surface area contributed by atoms with Crippen LogP contribution in [0.4, 0.5) is 0 Å². The van der Waals surface area contributed by atoms with Crippen LogP contribution < -0.4 is 11.5 Å². The third-order valence-corrected chi connectivity index (χ3v) is 0.167. The molecule has 0 aliphatic rings. The molecule has 0 atom stereocenters. The average molecular weight is 116 g/mol. The number of hydrogen-bond acceptors (Lipinski definition) is 2. The molecule has 8 heavy (non-hydrogen) atoms. The van der Waals surface area contributed by atoms with Gasteiger partial charge in [0.25, 0.3) is 0 Å². The summed E-state index contributed by atoms with van der Waals surface area (Å²) in [6.07, 6.45) is 0. The highest BCUT2D eigenvalue weighted by Crippen LogP contribution is 1.73. The lowest BCUT2D eigenvalue weighted by atomic mass is 10.4. The molecular weight excluding hydrogens is 100 g/mol. The molecule has 2 nitrogen and oxygen atoms in total. The van der Waals surface area contributed by atoms with Gasteiger partial charge >= 0.3 is 0 Å². The van der Waals surface area contributed by atoms with E-state index in [0.717, 1.165) is 0 Å². The van der Waals surface area contributed by atoms with Crippen LogP contribution in [-0.2, 0) is 0 Å². The van der Waals surface area contributed by atoms with Crippen molar-refractivity contribution in [1.82, 2.24) is 0 Å². The quantitative estimate of drug-likeness (QED) is 0.490. The first kappa shape index (κ1) is 10.6. The summed E-state index contributed by atoms with van der Waals surface area (Å²) in [7, 11) is 0. The third-order valence-electron chi connectivity index (χ3n) is 0.167. The summed E-state index contributed by atoms with van der Waals surface area (Å²) in [5, 5.41) is 0. The van der Waals surface area contributed by atoms with E-state index >= 15 is 0 Å². The molecule has 4 N–H and O–H groups in total. The lowest BCUT2D eigenvalue weighted by Crippen LogP contribution is -2.11. The van der Waals surface area contributed by atoms with Gasteiger partial charge in [0, 0.05) is 13.1 Å². The van der Waals surface area contributed by atoms with Gasteiger partial charge in [-0.15, -0.1) is 6.58 Å². The van der Waals surface area contributed by atoms with Crippen molar-refractivity contribution in [3.05, 3.63) is 12.2 Å². The van der Waals surface area contributed by atoms with Gasteiger partial charge in [0.1, 0.15) is 0 Å². The number of rotatable bonds is 1. The van der Waals surface area contributed by atoms with Crippen molar-refractivity contribution in [3.63, 3.8) is 0 Å². The highest BCUT2D eigenvalue weighted by molar-refractivity contribution is 4.78. The molecule has 0 saturated carbocycles. The maximum Gasteiger partial charge on any atom is 0.00461 e. The molecule has 0 aliphatic carbocycles. The molecule has 0 bridgehead atoms. The molecule has 0 saturated heterocycles. The fraction of sp³-hybridized carbons (Fsp3) is 0.667. The molecule has 2 heteroatoms. The molecule has 0 aromatic rings. The van der Waals surface area contributed by atoms with E-state index in [1.807, 2.05) is 13.8 Å². The zero-order valence-electron chi connectivity index (χ0n) is 5.78. The number of allylic oxidation sites excluding steroid dienone is 1. The fourth-order valence-corrected chi connectivity index (χ4v) is 0.